The monoisotopic (exact) mass is 358 g/mol. The molecule has 0 saturated carbocycles. The molecule has 0 saturated heterocycles. The predicted octanol–water partition coefficient (Wildman–Crippen LogP) is 4.03. The highest BCUT2D eigenvalue weighted by Gasteiger charge is 2.25. The van der Waals surface area contributed by atoms with Gasteiger partial charge in [-0.15, -0.1) is 0 Å². The average Bonchev–Trinajstić information content (AvgIpc) is 2.52. The molecule has 1 aliphatic heterocycles. The molecule has 2 rings (SSSR count). The van der Waals surface area contributed by atoms with Gasteiger partial charge in [-0.25, -0.2) is 4.79 Å². The molecule has 0 fully saturated rings. The van der Waals surface area contributed by atoms with Crippen molar-refractivity contribution in [1.29, 1.82) is 0 Å². The zero-order valence-corrected chi connectivity index (χ0v) is 17.0. The van der Waals surface area contributed by atoms with Gasteiger partial charge in [-0.3, -0.25) is 4.79 Å². The average molecular weight is 358 g/mol. The molecule has 0 unspecified atom stereocenters. The summed E-state index contributed by atoms with van der Waals surface area (Å²) >= 11 is 0. The summed E-state index contributed by atoms with van der Waals surface area (Å²) in [5.41, 5.74) is 4.82. The van der Waals surface area contributed by atoms with Crippen LogP contribution in [0.2, 0.25) is 0 Å². The molecule has 0 N–H and O–H groups in total. The van der Waals surface area contributed by atoms with Crippen LogP contribution in [0.25, 0.3) is 5.57 Å². The molecule has 5 nitrogen and oxygen atoms in total. The molecule has 1 heterocycles. The number of aryl methyl sites for hydroxylation is 2. The van der Waals surface area contributed by atoms with E-state index in [-0.39, 0.29) is 12.0 Å². The minimum Gasteiger partial charge on any atom is -0.444 e. The second kappa shape index (κ2) is 7.52. The first kappa shape index (κ1) is 20.0. The standard InChI is InChI=1S/C21H30N2O3/c1-14-12-17(19(24)22(6)7)13-15(2)18(14)16-8-10-23(11-9-16)20(25)26-21(3,4)5/h8,12-13H,9-11H2,1-7H3. The summed E-state index contributed by atoms with van der Waals surface area (Å²) in [6, 6.07) is 3.90. The summed E-state index contributed by atoms with van der Waals surface area (Å²) < 4.78 is 5.45. The highest BCUT2D eigenvalue weighted by molar-refractivity contribution is 5.95. The number of carbonyl (C=O) groups excluding carboxylic acids is 2. The van der Waals surface area contributed by atoms with E-state index < -0.39 is 5.60 Å². The number of rotatable bonds is 2. The molecular weight excluding hydrogens is 328 g/mol. The number of hydrogen-bond donors (Lipinski definition) is 0. The van der Waals surface area contributed by atoms with Crippen LogP contribution in [0, 0.1) is 13.8 Å². The van der Waals surface area contributed by atoms with E-state index in [2.05, 4.69) is 6.08 Å². The van der Waals surface area contributed by atoms with Gasteiger partial charge >= 0.3 is 6.09 Å². The Kier molecular flexibility index (Phi) is 5.79. The molecule has 26 heavy (non-hydrogen) atoms. The van der Waals surface area contributed by atoms with Gasteiger partial charge in [-0.05, 0) is 75.4 Å². The zero-order chi connectivity index (χ0) is 19.6. The highest BCUT2D eigenvalue weighted by Crippen LogP contribution is 2.30. The van der Waals surface area contributed by atoms with Gasteiger partial charge in [0.05, 0.1) is 0 Å². The SMILES string of the molecule is Cc1cc(C(=O)N(C)C)cc(C)c1C1=CCN(C(=O)OC(C)(C)C)CC1. The van der Waals surface area contributed by atoms with Crippen molar-refractivity contribution in [1.82, 2.24) is 9.80 Å². The number of nitrogens with zero attached hydrogens (tertiary/aromatic N) is 2. The number of benzene rings is 1. The van der Waals surface area contributed by atoms with E-state index in [9.17, 15) is 9.59 Å². The number of amides is 2. The summed E-state index contributed by atoms with van der Waals surface area (Å²) in [6.07, 6.45) is 2.60. The molecule has 0 radical (unpaired) electrons. The van der Waals surface area contributed by atoms with E-state index in [0.29, 0.717) is 18.7 Å². The smallest absolute Gasteiger partial charge is 0.410 e. The number of ether oxygens (including phenoxy) is 1. The summed E-state index contributed by atoms with van der Waals surface area (Å²) in [7, 11) is 3.52. The lowest BCUT2D eigenvalue weighted by Gasteiger charge is -2.30. The maximum Gasteiger partial charge on any atom is 0.410 e. The normalized spacial score (nSPS) is 14.7. The highest BCUT2D eigenvalue weighted by atomic mass is 16.6. The Morgan fingerprint density at radius 1 is 1.12 bits per heavy atom. The molecular formula is C21H30N2O3. The maximum atomic E-state index is 12.2. The summed E-state index contributed by atoms with van der Waals surface area (Å²) in [6.45, 7) is 10.9. The summed E-state index contributed by atoms with van der Waals surface area (Å²) in [4.78, 5) is 27.7. The molecule has 0 spiro atoms. The van der Waals surface area contributed by atoms with Crippen LogP contribution >= 0.6 is 0 Å². The maximum absolute atomic E-state index is 12.2. The minimum absolute atomic E-state index is 0.0106. The largest absolute Gasteiger partial charge is 0.444 e. The van der Waals surface area contributed by atoms with Gasteiger partial charge in [-0.1, -0.05) is 6.08 Å². The Hall–Kier alpha value is -2.30. The molecule has 0 bridgehead atoms. The van der Waals surface area contributed by atoms with E-state index in [1.165, 1.54) is 11.1 Å². The lowest BCUT2D eigenvalue weighted by Crippen LogP contribution is -2.39. The molecule has 5 heteroatoms. The van der Waals surface area contributed by atoms with Gasteiger partial charge in [0.25, 0.3) is 5.91 Å². The van der Waals surface area contributed by atoms with Crippen molar-refractivity contribution in [3.63, 3.8) is 0 Å². The first-order chi connectivity index (χ1) is 12.0. The van der Waals surface area contributed by atoms with E-state index in [1.54, 1.807) is 23.9 Å². The zero-order valence-electron chi connectivity index (χ0n) is 17.0. The number of carbonyl (C=O) groups is 2. The summed E-state index contributed by atoms with van der Waals surface area (Å²) in [5.74, 6) is 0.0106. The fraction of sp³-hybridized carbons (Fsp3) is 0.524. The van der Waals surface area contributed by atoms with Gasteiger partial charge < -0.3 is 14.5 Å². The third-order valence-electron chi connectivity index (χ3n) is 4.37. The molecule has 0 aromatic heterocycles. The van der Waals surface area contributed by atoms with E-state index in [0.717, 1.165) is 17.5 Å². The third kappa shape index (κ3) is 4.65. The lowest BCUT2D eigenvalue weighted by atomic mass is 9.90. The lowest BCUT2D eigenvalue weighted by molar-refractivity contribution is 0.0270. The van der Waals surface area contributed by atoms with Gasteiger partial charge in [0.2, 0.25) is 0 Å². The quantitative estimate of drug-likeness (QED) is 0.802. The summed E-state index contributed by atoms with van der Waals surface area (Å²) in [5, 5.41) is 0. The second-order valence-electron chi connectivity index (χ2n) is 8.09. The van der Waals surface area contributed by atoms with Crippen LogP contribution in [-0.4, -0.2) is 54.6 Å². The van der Waals surface area contributed by atoms with Crippen molar-refractivity contribution in [2.75, 3.05) is 27.2 Å². The first-order valence-corrected chi connectivity index (χ1v) is 9.00. The fourth-order valence-corrected chi connectivity index (χ4v) is 3.24. The minimum atomic E-state index is -0.483. The van der Waals surface area contributed by atoms with Crippen molar-refractivity contribution in [2.24, 2.45) is 0 Å². The molecule has 0 atom stereocenters. The number of hydrogen-bond acceptors (Lipinski definition) is 3. The first-order valence-electron chi connectivity index (χ1n) is 9.00. The van der Waals surface area contributed by atoms with Crippen LogP contribution in [0.4, 0.5) is 4.79 Å². The van der Waals surface area contributed by atoms with Crippen LogP contribution in [0.15, 0.2) is 18.2 Å². The van der Waals surface area contributed by atoms with Crippen LogP contribution < -0.4 is 0 Å². The van der Waals surface area contributed by atoms with Crippen LogP contribution in [-0.2, 0) is 4.74 Å². The van der Waals surface area contributed by atoms with Crippen LogP contribution in [0.5, 0.6) is 0 Å². The van der Waals surface area contributed by atoms with Gasteiger partial charge in [0.15, 0.2) is 0 Å². The Bertz CT molecular complexity index is 719. The van der Waals surface area contributed by atoms with Crippen molar-refractivity contribution in [3.8, 4) is 0 Å². The van der Waals surface area contributed by atoms with E-state index >= 15 is 0 Å². The molecule has 1 aliphatic rings. The molecule has 1 aromatic carbocycles. The Labute approximate surface area is 156 Å². The van der Waals surface area contributed by atoms with Crippen LogP contribution in [0.3, 0.4) is 0 Å². The van der Waals surface area contributed by atoms with Crippen LogP contribution in [0.1, 0.15) is 54.2 Å². The van der Waals surface area contributed by atoms with Gasteiger partial charge in [0.1, 0.15) is 5.60 Å². The Balaban J connectivity index is 2.20. The Morgan fingerprint density at radius 2 is 1.69 bits per heavy atom. The second-order valence-corrected chi connectivity index (χ2v) is 8.09. The topological polar surface area (TPSA) is 49.9 Å². The molecule has 1 aromatic rings. The van der Waals surface area contributed by atoms with Crippen molar-refractivity contribution in [3.05, 3.63) is 40.5 Å². The predicted molar refractivity (Wildman–Crippen MR) is 104 cm³/mol. The van der Waals surface area contributed by atoms with Gasteiger partial charge in [0, 0.05) is 32.7 Å². The van der Waals surface area contributed by atoms with Crippen molar-refractivity contribution >= 4 is 17.6 Å². The van der Waals surface area contributed by atoms with Crippen molar-refractivity contribution < 1.29 is 14.3 Å². The fourth-order valence-electron chi connectivity index (χ4n) is 3.24. The molecule has 142 valence electrons. The van der Waals surface area contributed by atoms with Crippen molar-refractivity contribution in [2.45, 2.75) is 46.6 Å². The van der Waals surface area contributed by atoms with E-state index in [1.807, 2.05) is 46.8 Å². The Morgan fingerprint density at radius 3 is 2.12 bits per heavy atom. The van der Waals surface area contributed by atoms with E-state index in [4.69, 9.17) is 4.74 Å². The molecule has 2 amide bonds. The molecule has 0 aliphatic carbocycles. The third-order valence-corrected chi connectivity index (χ3v) is 4.37. The van der Waals surface area contributed by atoms with Gasteiger partial charge in [-0.2, -0.15) is 0 Å².